The van der Waals surface area contributed by atoms with Gasteiger partial charge in [-0.1, -0.05) is 30.3 Å². The highest BCUT2D eigenvalue weighted by Crippen LogP contribution is 2.19. The zero-order valence-corrected chi connectivity index (χ0v) is 14.2. The van der Waals surface area contributed by atoms with Gasteiger partial charge in [-0.15, -0.1) is 0 Å². The van der Waals surface area contributed by atoms with Gasteiger partial charge in [-0.2, -0.15) is 0 Å². The Bertz CT molecular complexity index is 640. The van der Waals surface area contributed by atoms with E-state index in [1.165, 1.54) is 6.08 Å². The maximum absolute atomic E-state index is 12.5. The number of hydrogen-bond donors (Lipinski definition) is 0. The Morgan fingerprint density at radius 2 is 2.09 bits per heavy atom. The highest BCUT2D eigenvalue weighted by molar-refractivity contribution is 7.91. The van der Waals surface area contributed by atoms with Crippen LogP contribution in [0.4, 0.5) is 0 Å². The van der Waals surface area contributed by atoms with E-state index in [-0.39, 0.29) is 23.5 Å². The maximum Gasteiger partial charge on any atom is 0.246 e. The second-order valence-electron chi connectivity index (χ2n) is 5.68. The molecule has 1 aromatic rings. The number of rotatable bonds is 7. The summed E-state index contributed by atoms with van der Waals surface area (Å²) in [7, 11) is -1.41. The van der Waals surface area contributed by atoms with Gasteiger partial charge in [-0.3, -0.25) is 4.79 Å². The van der Waals surface area contributed by atoms with E-state index < -0.39 is 9.84 Å². The summed E-state index contributed by atoms with van der Waals surface area (Å²) in [5, 5.41) is 0. The van der Waals surface area contributed by atoms with Crippen molar-refractivity contribution < 1.29 is 17.9 Å². The lowest BCUT2D eigenvalue weighted by molar-refractivity contribution is -0.127. The molecule has 0 saturated carbocycles. The molecule has 1 atom stereocenters. The Hall–Kier alpha value is -1.66. The summed E-state index contributed by atoms with van der Waals surface area (Å²) in [6.45, 7) is 1.05. The van der Waals surface area contributed by atoms with Crippen molar-refractivity contribution in [2.24, 2.45) is 0 Å². The topological polar surface area (TPSA) is 63.7 Å². The first kappa shape index (κ1) is 17.7. The second-order valence-corrected chi connectivity index (χ2v) is 7.91. The fourth-order valence-electron chi connectivity index (χ4n) is 2.70. The summed E-state index contributed by atoms with van der Waals surface area (Å²) in [6, 6.07) is 9.33. The largest absolute Gasteiger partial charge is 0.385 e. The highest BCUT2D eigenvalue weighted by atomic mass is 32.2. The summed E-state index contributed by atoms with van der Waals surface area (Å²) in [5.74, 6) is 0.0750. The van der Waals surface area contributed by atoms with Crippen molar-refractivity contribution in [3.63, 3.8) is 0 Å². The van der Waals surface area contributed by atoms with Gasteiger partial charge in [0.15, 0.2) is 9.84 Å². The number of nitrogens with zero attached hydrogens (tertiary/aromatic N) is 1. The van der Waals surface area contributed by atoms with Gasteiger partial charge >= 0.3 is 0 Å². The smallest absolute Gasteiger partial charge is 0.246 e. The predicted molar refractivity (Wildman–Crippen MR) is 90.7 cm³/mol. The van der Waals surface area contributed by atoms with Crippen molar-refractivity contribution in [3.8, 4) is 0 Å². The summed E-state index contributed by atoms with van der Waals surface area (Å²) < 4.78 is 28.4. The van der Waals surface area contributed by atoms with Crippen LogP contribution >= 0.6 is 0 Å². The zero-order chi connectivity index (χ0) is 16.7. The number of ether oxygens (including phenoxy) is 1. The molecule has 1 unspecified atom stereocenters. The van der Waals surface area contributed by atoms with E-state index in [1.807, 2.05) is 30.3 Å². The fourth-order valence-corrected chi connectivity index (χ4v) is 4.43. The lowest BCUT2D eigenvalue weighted by Crippen LogP contribution is -2.41. The molecular formula is C17H23NO4S. The molecule has 1 aromatic carbocycles. The standard InChI is InChI=1S/C17H23NO4S/c1-22-12-5-11-18(16-10-13-23(20,21)14-16)17(19)9-8-15-6-3-2-4-7-15/h2-4,6-9,16H,5,10-14H2,1H3/b9-8+. The molecule has 1 fully saturated rings. The number of amides is 1. The Morgan fingerprint density at radius 3 is 2.70 bits per heavy atom. The molecule has 23 heavy (non-hydrogen) atoms. The van der Waals surface area contributed by atoms with Crippen LogP contribution in [0.1, 0.15) is 18.4 Å². The lowest BCUT2D eigenvalue weighted by atomic mass is 10.2. The molecule has 1 saturated heterocycles. The molecule has 1 amide bonds. The molecule has 1 heterocycles. The summed E-state index contributed by atoms with van der Waals surface area (Å²) >= 11 is 0. The minimum atomic E-state index is -3.02. The van der Waals surface area contributed by atoms with Crippen molar-refractivity contribution in [1.82, 2.24) is 4.90 Å². The van der Waals surface area contributed by atoms with Gasteiger partial charge in [0.2, 0.25) is 5.91 Å². The minimum Gasteiger partial charge on any atom is -0.385 e. The lowest BCUT2D eigenvalue weighted by Gasteiger charge is -2.27. The van der Waals surface area contributed by atoms with Crippen molar-refractivity contribution in [2.75, 3.05) is 31.8 Å². The van der Waals surface area contributed by atoms with Gasteiger partial charge in [0.25, 0.3) is 0 Å². The van der Waals surface area contributed by atoms with Crippen LogP contribution in [0.25, 0.3) is 6.08 Å². The molecule has 1 aliphatic heterocycles. The van der Waals surface area contributed by atoms with E-state index in [1.54, 1.807) is 18.1 Å². The van der Waals surface area contributed by atoms with Crippen molar-refractivity contribution in [3.05, 3.63) is 42.0 Å². The van der Waals surface area contributed by atoms with Gasteiger partial charge in [0, 0.05) is 32.4 Å². The molecular weight excluding hydrogens is 314 g/mol. The molecule has 0 aliphatic carbocycles. The number of carbonyl (C=O) groups is 1. The third kappa shape index (κ3) is 5.48. The molecule has 2 rings (SSSR count). The van der Waals surface area contributed by atoms with Crippen molar-refractivity contribution >= 4 is 21.8 Å². The summed E-state index contributed by atoms with van der Waals surface area (Å²) in [5.41, 5.74) is 0.941. The van der Waals surface area contributed by atoms with Crippen molar-refractivity contribution in [1.29, 1.82) is 0 Å². The Kier molecular flexibility index (Phi) is 6.36. The monoisotopic (exact) mass is 337 g/mol. The quantitative estimate of drug-likeness (QED) is 0.562. The molecule has 0 spiro atoms. The van der Waals surface area contributed by atoms with Crippen LogP contribution in [0, 0.1) is 0 Å². The maximum atomic E-state index is 12.5. The number of methoxy groups -OCH3 is 1. The SMILES string of the molecule is COCCCN(C(=O)/C=C/c1ccccc1)C1CCS(=O)(=O)C1. The molecule has 126 valence electrons. The van der Waals surface area contributed by atoms with E-state index in [2.05, 4.69) is 0 Å². The van der Waals surface area contributed by atoms with E-state index in [0.29, 0.717) is 26.0 Å². The van der Waals surface area contributed by atoms with E-state index in [0.717, 1.165) is 5.56 Å². The van der Waals surface area contributed by atoms with Crippen LogP contribution in [-0.2, 0) is 19.4 Å². The third-order valence-electron chi connectivity index (χ3n) is 3.90. The van der Waals surface area contributed by atoms with Crippen LogP contribution in [0.5, 0.6) is 0 Å². The second kappa shape index (κ2) is 8.26. The van der Waals surface area contributed by atoms with Crippen LogP contribution in [-0.4, -0.2) is 57.0 Å². The fraction of sp³-hybridized carbons (Fsp3) is 0.471. The zero-order valence-electron chi connectivity index (χ0n) is 13.3. The summed E-state index contributed by atoms with van der Waals surface area (Å²) in [6.07, 6.45) is 4.49. The number of carbonyl (C=O) groups excluding carboxylic acids is 1. The van der Waals surface area contributed by atoms with Gasteiger partial charge < -0.3 is 9.64 Å². The van der Waals surface area contributed by atoms with Crippen LogP contribution in [0.3, 0.4) is 0 Å². The van der Waals surface area contributed by atoms with Gasteiger partial charge in [-0.25, -0.2) is 8.42 Å². The van der Waals surface area contributed by atoms with Gasteiger partial charge in [-0.05, 0) is 24.5 Å². The third-order valence-corrected chi connectivity index (χ3v) is 5.65. The Labute approximate surface area is 137 Å². The van der Waals surface area contributed by atoms with Crippen LogP contribution in [0.15, 0.2) is 36.4 Å². The van der Waals surface area contributed by atoms with Gasteiger partial charge in [0.05, 0.1) is 11.5 Å². The average molecular weight is 337 g/mol. The normalized spacial score (nSPS) is 20.0. The molecule has 0 N–H and O–H groups in total. The molecule has 5 nitrogen and oxygen atoms in total. The van der Waals surface area contributed by atoms with Gasteiger partial charge in [0.1, 0.15) is 0 Å². The molecule has 0 radical (unpaired) electrons. The first-order chi connectivity index (χ1) is 11.0. The first-order valence-electron chi connectivity index (χ1n) is 7.75. The average Bonchev–Trinajstić information content (AvgIpc) is 2.90. The Balaban J connectivity index is 2.06. The van der Waals surface area contributed by atoms with Crippen molar-refractivity contribution in [2.45, 2.75) is 18.9 Å². The number of benzene rings is 1. The Morgan fingerprint density at radius 1 is 1.35 bits per heavy atom. The number of hydrogen-bond acceptors (Lipinski definition) is 4. The summed E-state index contributed by atoms with van der Waals surface area (Å²) in [4.78, 5) is 14.2. The molecule has 0 bridgehead atoms. The van der Waals surface area contributed by atoms with E-state index >= 15 is 0 Å². The highest BCUT2D eigenvalue weighted by Gasteiger charge is 2.33. The minimum absolute atomic E-state index is 0.0604. The first-order valence-corrected chi connectivity index (χ1v) is 9.57. The predicted octanol–water partition coefficient (Wildman–Crippen LogP) is 1.75. The molecule has 6 heteroatoms. The van der Waals surface area contributed by atoms with Crippen LogP contribution < -0.4 is 0 Å². The molecule has 1 aliphatic rings. The van der Waals surface area contributed by atoms with Crippen LogP contribution in [0.2, 0.25) is 0 Å². The van der Waals surface area contributed by atoms with E-state index in [9.17, 15) is 13.2 Å². The van der Waals surface area contributed by atoms with E-state index in [4.69, 9.17) is 4.74 Å². The molecule has 0 aromatic heterocycles. The number of sulfone groups is 1.